The van der Waals surface area contributed by atoms with Gasteiger partial charge < -0.3 is 4.74 Å². The van der Waals surface area contributed by atoms with Crippen LogP contribution in [0.25, 0.3) is 0 Å². The Bertz CT molecular complexity index is 337. The first-order valence-corrected chi connectivity index (χ1v) is 6.20. The summed E-state index contributed by atoms with van der Waals surface area (Å²) in [5.74, 6) is 1.23. The molecule has 16 heavy (non-hydrogen) atoms. The van der Waals surface area contributed by atoms with Gasteiger partial charge in [0.15, 0.2) is 0 Å². The molecule has 0 amide bonds. The van der Waals surface area contributed by atoms with E-state index in [-0.39, 0.29) is 11.9 Å². The molecule has 1 aliphatic rings. The summed E-state index contributed by atoms with van der Waals surface area (Å²) in [6, 6.07) is 6.45. The molecule has 0 saturated heterocycles. The smallest absolute Gasteiger partial charge is 0.126 e. The van der Waals surface area contributed by atoms with Gasteiger partial charge in [-0.05, 0) is 37.3 Å². The zero-order valence-corrected chi connectivity index (χ0v) is 9.79. The fourth-order valence-electron chi connectivity index (χ4n) is 2.45. The maximum absolute atomic E-state index is 13.0. The SMILES string of the molecule is CCC1CCCC(Oc2cccc(F)c2)C1. The number of rotatable bonds is 3. The Morgan fingerprint density at radius 1 is 1.38 bits per heavy atom. The van der Waals surface area contributed by atoms with Gasteiger partial charge in [-0.3, -0.25) is 0 Å². The summed E-state index contributed by atoms with van der Waals surface area (Å²) < 4.78 is 18.8. The monoisotopic (exact) mass is 222 g/mol. The molecule has 0 aromatic heterocycles. The van der Waals surface area contributed by atoms with Gasteiger partial charge in [0.05, 0.1) is 6.10 Å². The molecule has 2 rings (SSSR count). The maximum Gasteiger partial charge on any atom is 0.126 e. The standard InChI is InChI=1S/C14H19FO/c1-2-11-5-3-7-13(9-11)16-14-8-4-6-12(15)10-14/h4,6,8,10-11,13H,2-3,5,7,9H2,1H3. The minimum atomic E-state index is -0.222. The molecule has 0 spiro atoms. The van der Waals surface area contributed by atoms with Crippen molar-refractivity contribution >= 4 is 0 Å². The van der Waals surface area contributed by atoms with Gasteiger partial charge in [-0.15, -0.1) is 0 Å². The third kappa shape index (κ3) is 2.97. The van der Waals surface area contributed by atoms with Crippen LogP contribution >= 0.6 is 0 Å². The van der Waals surface area contributed by atoms with Crippen LogP contribution in [-0.4, -0.2) is 6.10 Å². The fraction of sp³-hybridized carbons (Fsp3) is 0.571. The quantitative estimate of drug-likeness (QED) is 0.745. The molecule has 0 radical (unpaired) electrons. The molecule has 1 nitrogen and oxygen atoms in total. The van der Waals surface area contributed by atoms with E-state index in [4.69, 9.17) is 4.74 Å². The minimum Gasteiger partial charge on any atom is -0.490 e. The zero-order valence-electron chi connectivity index (χ0n) is 9.79. The van der Waals surface area contributed by atoms with Crippen LogP contribution in [0.1, 0.15) is 39.0 Å². The van der Waals surface area contributed by atoms with Crippen LogP contribution in [0, 0.1) is 11.7 Å². The summed E-state index contributed by atoms with van der Waals surface area (Å²) in [5, 5.41) is 0. The summed E-state index contributed by atoms with van der Waals surface area (Å²) in [4.78, 5) is 0. The van der Waals surface area contributed by atoms with Gasteiger partial charge in [0, 0.05) is 6.07 Å². The first kappa shape index (κ1) is 11.4. The van der Waals surface area contributed by atoms with E-state index in [0.717, 1.165) is 18.8 Å². The van der Waals surface area contributed by atoms with Crippen LogP contribution in [0.5, 0.6) is 5.75 Å². The van der Waals surface area contributed by atoms with Crippen molar-refractivity contribution in [2.75, 3.05) is 0 Å². The highest BCUT2D eigenvalue weighted by Crippen LogP contribution is 2.29. The molecular formula is C14H19FO. The van der Waals surface area contributed by atoms with Crippen molar-refractivity contribution in [3.8, 4) is 5.75 Å². The fourth-order valence-corrected chi connectivity index (χ4v) is 2.45. The second-order valence-electron chi connectivity index (χ2n) is 4.64. The van der Waals surface area contributed by atoms with Crippen LogP contribution in [-0.2, 0) is 0 Å². The lowest BCUT2D eigenvalue weighted by molar-refractivity contribution is 0.121. The molecule has 1 fully saturated rings. The van der Waals surface area contributed by atoms with E-state index >= 15 is 0 Å². The second kappa shape index (κ2) is 5.33. The first-order chi connectivity index (χ1) is 7.78. The number of benzene rings is 1. The third-order valence-corrected chi connectivity index (χ3v) is 3.41. The highest BCUT2D eigenvalue weighted by molar-refractivity contribution is 5.22. The molecule has 0 bridgehead atoms. The van der Waals surface area contributed by atoms with Gasteiger partial charge in [0.2, 0.25) is 0 Å². The summed E-state index contributed by atoms with van der Waals surface area (Å²) in [7, 11) is 0. The molecule has 0 heterocycles. The normalized spacial score (nSPS) is 25.4. The second-order valence-corrected chi connectivity index (χ2v) is 4.64. The Balaban J connectivity index is 1.94. The van der Waals surface area contributed by atoms with Crippen molar-refractivity contribution in [3.63, 3.8) is 0 Å². The lowest BCUT2D eigenvalue weighted by Gasteiger charge is -2.28. The van der Waals surface area contributed by atoms with E-state index in [2.05, 4.69) is 6.92 Å². The van der Waals surface area contributed by atoms with Crippen molar-refractivity contribution in [1.82, 2.24) is 0 Å². The molecule has 0 aliphatic heterocycles. The third-order valence-electron chi connectivity index (χ3n) is 3.41. The van der Waals surface area contributed by atoms with E-state index in [0.29, 0.717) is 5.75 Å². The molecule has 1 saturated carbocycles. The average Bonchev–Trinajstić information content (AvgIpc) is 2.29. The predicted molar refractivity (Wildman–Crippen MR) is 63.1 cm³/mol. The average molecular weight is 222 g/mol. The molecule has 1 aromatic rings. The van der Waals surface area contributed by atoms with E-state index in [1.165, 1.54) is 31.4 Å². The van der Waals surface area contributed by atoms with Crippen LogP contribution in [0.4, 0.5) is 4.39 Å². The summed E-state index contributed by atoms with van der Waals surface area (Å²) >= 11 is 0. The van der Waals surface area contributed by atoms with E-state index in [1.54, 1.807) is 6.07 Å². The summed E-state index contributed by atoms with van der Waals surface area (Å²) in [6.45, 7) is 2.23. The van der Waals surface area contributed by atoms with Gasteiger partial charge >= 0.3 is 0 Å². The van der Waals surface area contributed by atoms with Crippen LogP contribution in [0.2, 0.25) is 0 Å². The Labute approximate surface area is 96.6 Å². The Hall–Kier alpha value is -1.05. The van der Waals surface area contributed by atoms with Crippen LogP contribution in [0.15, 0.2) is 24.3 Å². The van der Waals surface area contributed by atoms with Crippen molar-refractivity contribution in [3.05, 3.63) is 30.1 Å². The number of ether oxygens (including phenoxy) is 1. The Morgan fingerprint density at radius 2 is 2.25 bits per heavy atom. The van der Waals surface area contributed by atoms with Crippen molar-refractivity contribution < 1.29 is 9.13 Å². The predicted octanol–water partition coefficient (Wildman–Crippen LogP) is 4.17. The number of hydrogen-bond acceptors (Lipinski definition) is 1. The van der Waals surface area contributed by atoms with Crippen molar-refractivity contribution in [1.29, 1.82) is 0 Å². The molecule has 2 heteroatoms. The van der Waals surface area contributed by atoms with E-state index in [9.17, 15) is 4.39 Å². The summed E-state index contributed by atoms with van der Waals surface area (Å²) in [5.41, 5.74) is 0. The Kier molecular flexibility index (Phi) is 3.81. The van der Waals surface area contributed by atoms with E-state index in [1.807, 2.05) is 6.07 Å². The molecule has 2 unspecified atom stereocenters. The Morgan fingerprint density at radius 3 is 3.00 bits per heavy atom. The van der Waals surface area contributed by atoms with Gasteiger partial charge in [0.1, 0.15) is 11.6 Å². The molecule has 1 aliphatic carbocycles. The van der Waals surface area contributed by atoms with Crippen molar-refractivity contribution in [2.24, 2.45) is 5.92 Å². The lowest BCUT2D eigenvalue weighted by atomic mass is 9.85. The van der Waals surface area contributed by atoms with E-state index < -0.39 is 0 Å². The molecule has 2 atom stereocenters. The first-order valence-electron chi connectivity index (χ1n) is 6.20. The number of hydrogen-bond donors (Lipinski definition) is 0. The highest BCUT2D eigenvalue weighted by Gasteiger charge is 2.21. The van der Waals surface area contributed by atoms with Crippen molar-refractivity contribution in [2.45, 2.75) is 45.1 Å². The molecule has 0 N–H and O–H groups in total. The highest BCUT2D eigenvalue weighted by atomic mass is 19.1. The summed E-state index contributed by atoms with van der Waals surface area (Å²) in [6.07, 6.45) is 6.28. The minimum absolute atomic E-state index is 0.222. The topological polar surface area (TPSA) is 9.23 Å². The van der Waals surface area contributed by atoms with Gasteiger partial charge in [-0.1, -0.05) is 25.8 Å². The van der Waals surface area contributed by atoms with Gasteiger partial charge in [-0.25, -0.2) is 4.39 Å². The molecular weight excluding hydrogens is 203 g/mol. The lowest BCUT2D eigenvalue weighted by Crippen LogP contribution is -2.25. The van der Waals surface area contributed by atoms with Crippen LogP contribution < -0.4 is 4.74 Å². The van der Waals surface area contributed by atoms with Gasteiger partial charge in [-0.2, -0.15) is 0 Å². The largest absolute Gasteiger partial charge is 0.490 e. The maximum atomic E-state index is 13.0. The number of halogens is 1. The van der Waals surface area contributed by atoms with Crippen LogP contribution in [0.3, 0.4) is 0 Å². The molecule has 88 valence electrons. The zero-order chi connectivity index (χ0) is 11.4. The molecule has 1 aromatic carbocycles. The van der Waals surface area contributed by atoms with Gasteiger partial charge in [0.25, 0.3) is 0 Å².